The molecule has 3 rings (SSSR count). The zero-order valence-corrected chi connectivity index (χ0v) is 13.2. The van der Waals surface area contributed by atoms with Crippen molar-refractivity contribution in [2.75, 3.05) is 13.7 Å². The second kappa shape index (κ2) is 6.58. The molecule has 0 aromatic heterocycles. The predicted octanol–water partition coefficient (Wildman–Crippen LogP) is 2.58. The Bertz CT molecular complexity index is 811. The van der Waals surface area contributed by atoms with E-state index in [1.165, 1.54) is 12.0 Å². The van der Waals surface area contributed by atoms with Crippen molar-refractivity contribution in [3.63, 3.8) is 0 Å². The number of benzene rings is 2. The molecule has 0 atom stereocenters. The van der Waals surface area contributed by atoms with E-state index in [1.807, 2.05) is 30.3 Å². The van der Waals surface area contributed by atoms with Crippen LogP contribution < -0.4 is 4.74 Å². The number of hydrogen-bond donors (Lipinski definition) is 1. The lowest BCUT2D eigenvalue weighted by Gasteiger charge is -2.14. The van der Waals surface area contributed by atoms with Crippen LogP contribution in [0.2, 0.25) is 0 Å². The Morgan fingerprint density at radius 2 is 1.75 bits per heavy atom. The standard InChI is InChI=1S/C19H17NO4/c1-24-16-10-6-5-9-14(16)18(22)17-15(21)12-20(19(17)23)11-13-7-3-2-4-8-13/h2-10,22H,11-12H2,1H3/b18-17-. The van der Waals surface area contributed by atoms with Crippen LogP contribution in [0.25, 0.3) is 5.76 Å². The molecule has 0 bridgehead atoms. The van der Waals surface area contributed by atoms with E-state index in [1.54, 1.807) is 24.3 Å². The number of ether oxygens (including phenoxy) is 1. The first kappa shape index (κ1) is 15.8. The van der Waals surface area contributed by atoms with Gasteiger partial charge in [-0.25, -0.2) is 0 Å². The summed E-state index contributed by atoms with van der Waals surface area (Å²) in [6.45, 7) is 0.288. The number of methoxy groups -OCH3 is 1. The van der Waals surface area contributed by atoms with Crippen LogP contribution >= 0.6 is 0 Å². The Balaban J connectivity index is 1.93. The van der Waals surface area contributed by atoms with Gasteiger partial charge in [-0.3, -0.25) is 9.59 Å². The minimum Gasteiger partial charge on any atom is -0.506 e. The van der Waals surface area contributed by atoms with E-state index in [4.69, 9.17) is 4.74 Å². The maximum atomic E-state index is 12.6. The van der Waals surface area contributed by atoms with Crippen LogP contribution in [-0.2, 0) is 16.1 Å². The zero-order valence-electron chi connectivity index (χ0n) is 13.2. The Kier molecular flexibility index (Phi) is 4.33. The van der Waals surface area contributed by atoms with Crippen LogP contribution in [0.5, 0.6) is 5.75 Å². The number of Topliss-reactive ketones (excluding diaryl/α,β-unsaturated/α-hetero) is 1. The van der Waals surface area contributed by atoms with Crippen molar-refractivity contribution in [2.24, 2.45) is 0 Å². The van der Waals surface area contributed by atoms with E-state index in [9.17, 15) is 14.7 Å². The summed E-state index contributed by atoms with van der Waals surface area (Å²) in [5.41, 5.74) is 1.07. The van der Waals surface area contributed by atoms with E-state index in [0.717, 1.165) is 5.56 Å². The number of aliphatic hydroxyl groups excluding tert-OH is 1. The molecule has 1 aliphatic heterocycles. The van der Waals surface area contributed by atoms with Gasteiger partial charge in [-0.05, 0) is 17.7 Å². The second-order valence-electron chi connectivity index (χ2n) is 5.49. The quantitative estimate of drug-likeness (QED) is 0.533. The number of ketones is 1. The summed E-state index contributed by atoms with van der Waals surface area (Å²) in [6, 6.07) is 16.2. The molecule has 5 nitrogen and oxygen atoms in total. The number of hydrogen-bond acceptors (Lipinski definition) is 4. The molecule has 1 saturated heterocycles. The van der Waals surface area contributed by atoms with Crippen molar-refractivity contribution in [1.29, 1.82) is 0 Å². The van der Waals surface area contributed by atoms with Gasteiger partial charge >= 0.3 is 0 Å². The lowest BCUT2D eigenvalue weighted by Crippen LogP contribution is -2.25. The molecule has 2 aromatic carbocycles. The van der Waals surface area contributed by atoms with Crippen LogP contribution in [0, 0.1) is 0 Å². The molecule has 1 N–H and O–H groups in total. The molecule has 5 heteroatoms. The third kappa shape index (κ3) is 2.88. The molecule has 0 saturated carbocycles. The fourth-order valence-electron chi connectivity index (χ4n) is 2.74. The van der Waals surface area contributed by atoms with Crippen molar-refractivity contribution in [1.82, 2.24) is 4.90 Å². The van der Waals surface area contributed by atoms with Crippen LogP contribution in [0.4, 0.5) is 0 Å². The highest BCUT2D eigenvalue weighted by molar-refractivity contribution is 6.28. The molecular weight excluding hydrogens is 306 g/mol. The molecule has 0 radical (unpaired) electrons. The van der Waals surface area contributed by atoms with Gasteiger partial charge in [0.25, 0.3) is 5.91 Å². The summed E-state index contributed by atoms with van der Waals surface area (Å²) in [5, 5.41) is 10.5. The summed E-state index contributed by atoms with van der Waals surface area (Å²) in [4.78, 5) is 26.3. The van der Waals surface area contributed by atoms with Crippen molar-refractivity contribution in [3.8, 4) is 5.75 Å². The number of carbonyl (C=O) groups is 2. The van der Waals surface area contributed by atoms with E-state index in [-0.39, 0.29) is 23.7 Å². The van der Waals surface area contributed by atoms with Gasteiger partial charge in [-0.2, -0.15) is 0 Å². The molecule has 1 amide bonds. The fraction of sp³-hybridized carbons (Fsp3) is 0.158. The van der Waals surface area contributed by atoms with Gasteiger partial charge in [0.15, 0.2) is 5.78 Å². The van der Waals surface area contributed by atoms with E-state index in [2.05, 4.69) is 0 Å². The molecule has 1 aliphatic rings. The number of rotatable bonds is 4. The Hall–Kier alpha value is -3.08. The highest BCUT2D eigenvalue weighted by Crippen LogP contribution is 2.29. The predicted molar refractivity (Wildman–Crippen MR) is 89.4 cm³/mol. The minimum absolute atomic E-state index is 0.0394. The maximum Gasteiger partial charge on any atom is 0.262 e. The lowest BCUT2D eigenvalue weighted by molar-refractivity contribution is -0.125. The van der Waals surface area contributed by atoms with Crippen molar-refractivity contribution >= 4 is 17.4 Å². The summed E-state index contributed by atoms with van der Waals surface area (Å²) in [7, 11) is 1.47. The van der Waals surface area contributed by atoms with Gasteiger partial charge in [-0.1, -0.05) is 42.5 Å². The van der Waals surface area contributed by atoms with Gasteiger partial charge in [0.2, 0.25) is 0 Å². The molecule has 0 aliphatic carbocycles. The van der Waals surface area contributed by atoms with Crippen molar-refractivity contribution < 1.29 is 19.4 Å². The highest BCUT2D eigenvalue weighted by Gasteiger charge is 2.37. The smallest absolute Gasteiger partial charge is 0.262 e. The average Bonchev–Trinajstić information content (AvgIpc) is 2.89. The molecule has 122 valence electrons. The number of amides is 1. The van der Waals surface area contributed by atoms with Gasteiger partial charge < -0.3 is 14.7 Å². The SMILES string of the molecule is COc1ccccc1/C(O)=C1\C(=O)CN(Cc2ccccc2)C1=O. The van der Waals surface area contributed by atoms with Gasteiger partial charge in [0, 0.05) is 6.54 Å². The Morgan fingerprint density at radius 1 is 1.08 bits per heavy atom. The molecule has 1 heterocycles. The summed E-state index contributed by atoms with van der Waals surface area (Å²) in [6.07, 6.45) is 0. The van der Waals surface area contributed by atoms with Crippen LogP contribution in [0.15, 0.2) is 60.2 Å². The summed E-state index contributed by atoms with van der Waals surface area (Å²) in [5.74, 6) is -0.783. The first-order valence-corrected chi connectivity index (χ1v) is 7.55. The van der Waals surface area contributed by atoms with E-state index >= 15 is 0 Å². The number of nitrogens with zero attached hydrogens (tertiary/aromatic N) is 1. The largest absolute Gasteiger partial charge is 0.506 e. The number of para-hydroxylation sites is 1. The summed E-state index contributed by atoms with van der Waals surface area (Å²) >= 11 is 0. The number of aliphatic hydroxyl groups is 1. The lowest BCUT2D eigenvalue weighted by atomic mass is 10.1. The number of carbonyl (C=O) groups excluding carboxylic acids is 2. The molecule has 0 spiro atoms. The van der Waals surface area contributed by atoms with Crippen molar-refractivity contribution in [2.45, 2.75) is 6.54 Å². The number of likely N-dealkylation sites (tertiary alicyclic amines) is 1. The zero-order chi connectivity index (χ0) is 17.1. The minimum atomic E-state index is -0.466. The Morgan fingerprint density at radius 3 is 2.46 bits per heavy atom. The monoisotopic (exact) mass is 323 g/mol. The normalized spacial score (nSPS) is 16.5. The molecule has 0 unspecified atom stereocenters. The third-order valence-electron chi connectivity index (χ3n) is 3.93. The average molecular weight is 323 g/mol. The second-order valence-corrected chi connectivity index (χ2v) is 5.49. The fourth-order valence-corrected chi connectivity index (χ4v) is 2.74. The van der Waals surface area contributed by atoms with Gasteiger partial charge in [0.1, 0.15) is 17.1 Å². The first-order chi connectivity index (χ1) is 11.6. The highest BCUT2D eigenvalue weighted by atomic mass is 16.5. The van der Waals surface area contributed by atoms with Crippen LogP contribution in [0.3, 0.4) is 0 Å². The van der Waals surface area contributed by atoms with E-state index < -0.39 is 5.91 Å². The topological polar surface area (TPSA) is 66.8 Å². The van der Waals surface area contributed by atoms with Crippen molar-refractivity contribution in [3.05, 3.63) is 71.3 Å². The molecule has 1 fully saturated rings. The molecule has 24 heavy (non-hydrogen) atoms. The summed E-state index contributed by atoms with van der Waals surface area (Å²) < 4.78 is 5.19. The van der Waals surface area contributed by atoms with Gasteiger partial charge in [-0.15, -0.1) is 0 Å². The first-order valence-electron chi connectivity index (χ1n) is 7.55. The van der Waals surface area contributed by atoms with Crippen LogP contribution in [-0.4, -0.2) is 35.4 Å². The molecular formula is C19H17NO4. The Labute approximate surface area is 139 Å². The van der Waals surface area contributed by atoms with Crippen LogP contribution in [0.1, 0.15) is 11.1 Å². The maximum absolute atomic E-state index is 12.6. The van der Waals surface area contributed by atoms with E-state index in [0.29, 0.717) is 17.9 Å². The third-order valence-corrected chi connectivity index (χ3v) is 3.93. The molecule has 2 aromatic rings. The van der Waals surface area contributed by atoms with Gasteiger partial charge in [0.05, 0.1) is 19.2 Å².